The summed E-state index contributed by atoms with van der Waals surface area (Å²) in [6, 6.07) is 2.37. The van der Waals surface area contributed by atoms with Crippen LogP contribution in [-0.2, 0) is 4.74 Å². The third kappa shape index (κ3) is 5.54. The highest BCUT2D eigenvalue weighted by atomic mass is 35.5. The molecule has 0 radical (unpaired) electrons. The van der Waals surface area contributed by atoms with Crippen LogP contribution in [-0.4, -0.2) is 30.7 Å². The second-order valence-electron chi connectivity index (χ2n) is 4.83. The van der Waals surface area contributed by atoms with Gasteiger partial charge in [-0.1, -0.05) is 17.7 Å². The van der Waals surface area contributed by atoms with Crippen LogP contribution >= 0.6 is 11.6 Å². The highest BCUT2D eigenvalue weighted by molar-refractivity contribution is 6.34. The number of nitrogens with two attached hydrogens (primary N) is 1. The fourth-order valence-corrected chi connectivity index (χ4v) is 2.15. The third-order valence-electron chi connectivity index (χ3n) is 3.08. The molecule has 0 spiro atoms. The molecular formula is C15H19ClN2O5. The number of hydrogen-bond acceptors (Lipinski definition) is 6. The van der Waals surface area contributed by atoms with E-state index < -0.39 is 16.6 Å². The minimum Gasteiger partial charge on any atom is -0.492 e. The van der Waals surface area contributed by atoms with E-state index in [0.29, 0.717) is 19.3 Å². The Morgan fingerprint density at radius 3 is 2.83 bits per heavy atom. The van der Waals surface area contributed by atoms with Gasteiger partial charge in [0.15, 0.2) is 5.02 Å². The van der Waals surface area contributed by atoms with E-state index in [9.17, 15) is 14.9 Å². The number of benzene rings is 1. The Kier molecular flexibility index (Phi) is 7.50. The van der Waals surface area contributed by atoms with Crippen molar-refractivity contribution >= 4 is 23.3 Å². The van der Waals surface area contributed by atoms with Gasteiger partial charge in [-0.05, 0) is 25.3 Å². The first-order valence-corrected chi connectivity index (χ1v) is 7.34. The second-order valence-corrected chi connectivity index (χ2v) is 5.21. The van der Waals surface area contributed by atoms with E-state index in [1.807, 2.05) is 0 Å². The quantitative estimate of drug-likeness (QED) is 0.243. The van der Waals surface area contributed by atoms with Crippen LogP contribution in [0.25, 0.3) is 0 Å². The Bertz CT molecular complexity index is 591. The summed E-state index contributed by atoms with van der Waals surface area (Å²) in [5, 5.41) is 10.9. The summed E-state index contributed by atoms with van der Waals surface area (Å²) in [4.78, 5) is 21.9. The zero-order valence-corrected chi connectivity index (χ0v) is 13.5. The number of carbonyl (C=O) groups excluding carboxylic acids is 1. The van der Waals surface area contributed by atoms with E-state index in [1.165, 1.54) is 13.2 Å². The molecule has 0 amide bonds. The monoisotopic (exact) mass is 342 g/mol. The van der Waals surface area contributed by atoms with Crippen molar-refractivity contribution in [2.45, 2.75) is 25.3 Å². The molecule has 126 valence electrons. The average molecular weight is 343 g/mol. The fraction of sp³-hybridized carbons (Fsp3) is 0.400. The van der Waals surface area contributed by atoms with Gasteiger partial charge in [0.25, 0.3) is 5.69 Å². The molecule has 2 N–H and O–H groups in total. The smallest absolute Gasteiger partial charge is 0.338 e. The van der Waals surface area contributed by atoms with Gasteiger partial charge in [-0.3, -0.25) is 10.1 Å². The summed E-state index contributed by atoms with van der Waals surface area (Å²) in [7, 11) is 1.18. The number of rotatable bonds is 9. The van der Waals surface area contributed by atoms with Crippen molar-refractivity contribution in [1.82, 2.24) is 0 Å². The number of nitro benzene ring substituents is 1. The van der Waals surface area contributed by atoms with Gasteiger partial charge in [-0.15, -0.1) is 6.58 Å². The SMILES string of the molecule is C=CCC(N)CCCOc1cc(C(=O)OC)cc([N+](=O)[O-])c1Cl. The van der Waals surface area contributed by atoms with Gasteiger partial charge < -0.3 is 15.2 Å². The molecular weight excluding hydrogens is 324 g/mol. The zero-order valence-electron chi connectivity index (χ0n) is 12.8. The molecule has 1 aromatic carbocycles. The number of halogens is 1. The topological polar surface area (TPSA) is 105 Å². The van der Waals surface area contributed by atoms with E-state index in [2.05, 4.69) is 11.3 Å². The van der Waals surface area contributed by atoms with Crippen LogP contribution in [0.15, 0.2) is 24.8 Å². The Morgan fingerprint density at radius 1 is 1.57 bits per heavy atom. The summed E-state index contributed by atoms with van der Waals surface area (Å²) in [5.41, 5.74) is 5.43. The Morgan fingerprint density at radius 2 is 2.26 bits per heavy atom. The van der Waals surface area contributed by atoms with Crippen LogP contribution < -0.4 is 10.5 Å². The largest absolute Gasteiger partial charge is 0.492 e. The molecule has 0 aliphatic rings. The van der Waals surface area contributed by atoms with Gasteiger partial charge in [-0.2, -0.15) is 0 Å². The van der Waals surface area contributed by atoms with Crippen molar-refractivity contribution < 1.29 is 19.2 Å². The first-order chi connectivity index (χ1) is 10.9. The lowest BCUT2D eigenvalue weighted by Gasteiger charge is -2.12. The van der Waals surface area contributed by atoms with Crippen LogP contribution in [0.3, 0.4) is 0 Å². The standard InChI is InChI=1S/C15H19ClN2O5/c1-3-5-11(17)6-4-7-23-13-9-10(15(19)22-2)8-12(14(13)16)18(20)21/h3,8-9,11H,1,4-7,17H2,2H3. The molecule has 0 saturated heterocycles. The molecule has 1 aromatic rings. The number of carbonyl (C=O) groups is 1. The van der Waals surface area contributed by atoms with Gasteiger partial charge in [0.1, 0.15) is 5.75 Å². The van der Waals surface area contributed by atoms with Gasteiger partial charge in [-0.25, -0.2) is 4.79 Å². The molecule has 0 bridgehead atoms. The number of hydrogen-bond donors (Lipinski definition) is 1. The Hall–Kier alpha value is -2.12. The molecule has 1 unspecified atom stereocenters. The van der Waals surface area contributed by atoms with Gasteiger partial charge >= 0.3 is 5.97 Å². The summed E-state index contributed by atoms with van der Waals surface area (Å²) < 4.78 is 10.0. The van der Waals surface area contributed by atoms with Crippen molar-refractivity contribution in [3.63, 3.8) is 0 Å². The molecule has 7 nitrogen and oxygen atoms in total. The minimum atomic E-state index is -0.706. The van der Waals surface area contributed by atoms with Crippen LogP contribution in [0.5, 0.6) is 5.75 Å². The highest BCUT2D eigenvalue weighted by Gasteiger charge is 2.22. The first-order valence-electron chi connectivity index (χ1n) is 6.96. The second kappa shape index (κ2) is 9.12. The maximum Gasteiger partial charge on any atom is 0.338 e. The van der Waals surface area contributed by atoms with E-state index in [0.717, 1.165) is 6.07 Å². The number of methoxy groups -OCH3 is 1. The summed E-state index contributed by atoms with van der Waals surface area (Å²) in [6.07, 6.45) is 3.79. The normalized spacial score (nSPS) is 11.6. The van der Waals surface area contributed by atoms with Crippen molar-refractivity contribution in [3.8, 4) is 5.75 Å². The van der Waals surface area contributed by atoms with Gasteiger partial charge in [0.2, 0.25) is 0 Å². The Balaban J connectivity index is 2.84. The average Bonchev–Trinajstić information content (AvgIpc) is 2.52. The molecule has 0 aliphatic carbocycles. The molecule has 0 fully saturated rings. The van der Waals surface area contributed by atoms with Crippen LogP contribution in [0, 0.1) is 10.1 Å². The van der Waals surface area contributed by atoms with Crippen LogP contribution in [0.4, 0.5) is 5.69 Å². The summed E-state index contributed by atoms with van der Waals surface area (Å²) in [6.45, 7) is 3.88. The maximum absolute atomic E-state index is 11.6. The fourth-order valence-electron chi connectivity index (χ4n) is 1.92. The maximum atomic E-state index is 11.6. The molecule has 8 heteroatoms. The number of nitrogens with zero attached hydrogens (tertiary/aromatic N) is 1. The van der Waals surface area contributed by atoms with Gasteiger partial charge in [0, 0.05) is 12.1 Å². The van der Waals surface area contributed by atoms with Crippen LogP contribution in [0.1, 0.15) is 29.6 Å². The van der Waals surface area contributed by atoms with E-state index in [4.69, 9.17) is 22.1 Å². The summed E-state index contributed by atoms with van der Waals surface area (Å²) >= 11 is 5.96. The van der Waals surface area contributed by atoms with E-state index >= 15 is 0 Å². The molecule has 1 atom stereocenters. The molecule has 0 aromatic heterocycles. The van der Waals surface area contributed by atoms with Crippen molar-refractivity contribution in [3.05, 3.63) is 45.5 Å². The van der Waals surface area contributed by atoms with E-state index in [-0.39, 0.29) is 29.0 Å². The molecule has 0 aliphatic heterocycles. The van der Waals surface area contributed by atoms with Crippen molar-refractivity contribution in [1.29, 1.82) is 0 Å². The zero-order chi connectivity index (χ0) is 17.4. The summed E-state index contributed by atoms with van der Waals surface area (Å²) in [5.74, 6) is -0.638. The number of ether oxygens (including phenoxy) is 2. The molecule has 0 saturated carbocycles. The third-order valence-corrected chi connectivity index (χ3v) is 3.46. The number of nitro groups is 1. The van der Waals surface area contributed by atoms with E-state index in [1.54, 1.807) is 6.08 Å². The van der Waals surface area contributed by atoms with Crippen molar-refractivity contribution in [2.75, 3.05) is 13.7 Å². The predicted molar refractivity (Wildman–Crippen MR) is 87.0 cm³/mol. The number of esters is 1. The lowest BCUT2D eigenvalue weighted by Crippen LogP contribution is -2.19. The molecule has 1 rings (SSSR count). The van der Waals surface area contributed by atoms with Crippen LogP contribution in [0.2, 0.25) is 5.02 Å². The highest BCUT2D eigenvalue weighted by Crippen LogP contribution is 2.35. The molecule has 23 heavy (non-hydrogen) atoms. The minimum absolute atomic E-state index is 0.00181. The molecule has 0 heterocycles. The van der Waals surface area contributed by atoms with Crippen molar-refractivity contribution in [2.24, 2.45) is 5.73 Å². The predicted octanol–water partition coefficient (Wildman–Crippen LogP) is 3.10. The lowest BCUT2D eigenvalue weighted by atomic mass is 10.1. The first kappa shape index (κ1) is 18.9. The lowest BCUT2D eigenvalue weighted by molar-refractivity contribution is -0.384. The van der Waals surface area contributed by atoms with Gasteiger partial charge in [0.05, 0.1) is 24.2 Å². The Labute approximate surface area is 139 Å².